The number of hydrogen-bond acceptors (Lipinski definition) is 3. The predicted molar refractivity (Wildman–Crippen MR) is 62.3 cm³/mol. The molecule has 1 aromatic carbocycles. The molecule has 1 aliphatic heterocycles. The first-order valence-corrected chi connectivity index (χ1v) is 5.75. The lowest BCUT2D eigenvalue weighted by Gasteiger charge is -2.19. The van der Waals surface area contributed by atoms with Crippen molar-refractivity contribution < 1.29 is 9.90 Å². The smallest absolute Gasteiger partial charge is 0.252 e. The van der Waals surface area contributed by atoms with Crippen molar-refractivity contribution in [2.24, 2.45) is 0 Å². The van der Waals surface area contributed by atoms with E-state index in [1.807, 2.05) is 17.0 Å². The number of carbonyl (C=O) groups is 1. The fourth-order valence-electron chi connectivity index (χ4n) is 1.97. The van der Waals surface area contributed by atoms with Crippen LogP contribution in [0.1, 0.15) is 28.8 Å². The van der Waals surface area contributed by atoms with Gasteiger partial charge in [-0.2, -0.15) is 0 Å². The molecule has 0 radical (unpaired) electrons. The Morgan fingerprint density at radius 2 is 2.12 bits per heavy atom. The third kappa shape index (κ3) is 2.61. The molecule has 1 fully saturated rings. The summed E-state index contributed by atoms with van der Waals surface area (Å²) in [6.07, 6.45) is 1.56. The second-order valence-corrected chi connectivity index (χ2v) is 4.41. The van der Waals surface area contributed by atoms with Crippen molar-refractivity contribution in [3.05, 3.63) is 35.4 Å². The van der Waals surface area contributed by atoms with Crippen molar-refractivity contribution in [2.45, 2.75) is 25.6 Å². The Bertz CT molecular complexity index is 377. The van der Waals surface area contributed by atoms with Crippen LogP contribution < -0.4 is 0 Å². The minimum Gasteiger partial charge on any atom is -0.378 e. The molecule has 0 aliphatic carbocycles. The maximum absolute atomic E-state index is 10.9. The Morgan fingerprint density at radius 3 is 2.62 bits per heavy atom. The van der Waals surface area contributed by atoms with Crippen molar-refractivity contribution in [3.63, 3.8) is 0 Å². The Balaban J connectivity index is 2.02. The van der Waals surface area contributed by atoms with E-state index in [2.05, 4.69) is 0 Å². The number of halogens is 1. The molecule has 0 aromatic heterocycles. The molecule has 1 saturated heterocycles. The van der Waals surface area contributed by atoms with Gasteiger partial charge in [-0.05, 0) is 42.1 Å². The quantitative estimate of drug-likeness (QED) is 0.820. The van der Waals surface area contributed by atoms with Crippen LogP contribution in [0.2, 0.25) is 0 Å². The number of aliphatic hydroxyl groups is 1. The van der Waals surface area contributed by atoms with Gasteiger partial charge in [0.2, 0.25) is 0 Å². The van der Waals surface area contributed by atoms with Crippen LogP contribution in [0.3, 0.4) is 0 Å². The number of hydrogen-bond donors (Lipinski definition) is 1. The van der Waals surface area contributed by atoms with Gasteiger partial charge in [0.05, 0.1) is 0 Å². The van der Waals surface area contributed by atoms with Crippen molar-refractivity contribution in [1.29, 1.82) is 0 Å². The van der Waals surface area contributed by atoms with E-state index in [-0.39, 0.29) is 6.23 Å². The van der Waals surface area contributed by atoms with Gasteiger partial charge in [0, 0.05) is 18.7 Å². The maximum atomic E-state index is 10.9. The summed E-state index contributed by atoms with van der Waals surface area (Å²) in [4.78, 5) is 12.9. The summed E-state index contributed by atoms with van der Waals surface area (Å²) in [6.45, 7) is 1.65. The van der Waals surface area contributed by atoms with Gasteiger partial charge in [0.1, 0.15) is 6.23 Å². The molecule has 0 saturated carbocycles. The molecule has 0 amide bonds. The zero-order chi connectivity index (χ0) is 11.5. The summed E-state index contributed by atoms with van der Waals surface area (Å²) in [5.74, 6) is 0. The van der Waals surface area contributed by atoms with Crippen LogP contribution in [-0.2, 0) is 6.54 Å². The van der Waals surface area contributed by atoms with Gasteiger partial charge >= 0.3 is 0 Å². The van der Waals surface area contributed by atoms with E-state index < -0.39 is 5.24 Å². The molecule has 1 N–H and O–H groups in total. The molecule has 0 spiro atoms. The second kappa shape index (κ2) is 4.95. The zero-order valence-electron chi connectivity index (χ0n) is 8.90. The summed E-state index contributed by atoms with van der Waals surface area (Å²) in [7, 11) is 0. The Kier molecular flexibility index (Phi) is 3.59. The molecule has 1 unspecified atom stereocenters. The summed E-state index contributed by atoms with van der Waals surface area (Å²) >= 11 is 5.36. The van der Waals surface area contributed by atoms with Crippen molar-refractivity contribution in [3.8, 4) is 0 Å². The second-order valence-electron chi connectivity index (χ2n) is 4.06. The van der Waals surface area contributed by atoms with Crippen molar-refractivity contribution in [2.75, 3.05) is 6.54 Å². The first-order valence-electron chi connectivity index (χ1n) is 5.38. The average molecular weight is 240 g/mol. The standard InChI is InChI=1S/C12H14ClNO2/c13-12(16)10-5-3-9(4-6-10)8-14-7-1-2-11(14)15/h3-6,11,15H,1-2,7-8H2. The lowest BCUT2D eigenvalue weighted by atomic mass is 10.1. The van der Waals surface area contributed by atoms with Gasteiger partial charge in [-0.15, -0.1) is 0 Å². The molecule has 0 bridgehead atoms. The van der Waals surface area contributed by atoms with Gasteiger partial charge in [0.25, 0.3) is 5.24 Å². The van der Waals surface area contributed by atoms with Gasteiger partial charge in [-0.3, -0.25) is 9.69 Å². The minimum atomic E-state index is -0.437. The molecular weight excluding hydrogens is 226 g/mol. The molecule has 4 heteroatoms. The van der Waals surface area contributed by atoms with E-state index in [4.69, 9.17) is 11.6 Å². The van der Waals surface area contributed by atoms with Crippen LogP contribution >= 0.6 is 11.6 Å². The van der Waals surface area contributed by atoms with Gasteiger partial charge in [0.15, 0.2) is 0 Å². The topological polar surface area (TPSA) is 40.5 Å². The van der Waals surface area contributed by atoms with E-state index in [0.717, 1.165) is 31.5 Å². The van der Waals surface area contributed by atoms with Crippen LogP contribution in [0.15, 0.2) is 24.3 Å². The number of aliphatic hydroxyl groups excluding tert-OH is 1. The van der Waals surface area contributed by atoms with Gasteiger partial charge in [-0.1, -0.05) is 12.1 Å². The first kappa shape index (κ1) is 11.6. The molecule has 2 rings (SSSR count). The average Bonchev–Trinajstić information content (AvgIpc) is 2.65. The van der Waals surface area contributed by atoms with Crippen molar-refractivity contribution >= 4 is 16.8 Å². The third-order valence-electron chi connectivity index (χ3n) is 2.90. The Morgan fingerprint density at radius 1 is 1.44 bits per heavy atom. The van der Waals surface area contributed by atoms with Crippen molar-refractivity contribution in [1.82, 2.24) is 4.90 Å². The molecule has 1 atom stereocenters. The number of rotatable bonds is 3. The maximum Gasteiger partial charge on any atom is 0.252 e. The lowest BCUT2D eigenvalue weighted by Crippen LogP contribution is -2.28. The van der Waals surface area contributed by atoms with E-state index >= 15 is 0 Å². The molecular formula is C12H14ClNO2. The molecule has 1 aliphatic rings. The first-order chi connectivity index (χ1) is 7.66. The fourth-order valence-corrected chi connectivity index (χ4v) is 2.09. The van der Waals surface area contributed by atoms with Crippen LogP contribution in [0.4, 0.5) is 0 Å². The van der Waals surface area contributed by atoms with E-state index in [1.165, 1.54) is 0 Å². The van der Waals surface area contributed by atoms with Crippen LogP contribution in [0, 0.1) is 0 Å². The highest BCUT2D eigenvalue weighted by Gasteiger charge is 2.21. The molecule has 3 nitrogen and oxygen atoms in total. The largest absolute Gasteiger partial charge is 0.378 e. The third-order valence-corrected chi connectivity index (χ3v) is 3.11. The highest BCUT2D eigenvalue weighted by atomic mass is 35.5. The Labute approximate surface area is 99.6 Å². The normalized spacial score (nSPS) is 21.2. The van der Waals surface area contributed by atoms with E-state index in [0.29, 0.717) is 5.56 Å². The molecule has 1 aromatic rings. The van der Waals surface area contributed by atoms with E-state index in [9.17, 15) is 9.90 Å². The summed E-state index contributed by atoms with van der Waals surface area (Å²) in [6, 6.07) is 7.18. The summed E-state index contributed by atoms with van der Waals surface area (Å²) in [5, 5.41) is 9.21. The molecule has 86 valence electrons. The SMILES string of the molecule is O=C(Cl)c1ccc(CN2CCCC2O)cc1. The minimum absolute atomic E-state index is 0.325. The monoisotopic (exact) mass is 239 g/mol. The number of carbonyl (C=O) groups excluding carboxylic acids is 1. The summed E-state index contributed by atoms with van der Waals surface area (Å²) < 4.78 is 0. The number of benzene rings is 1. The van der Waals surface area contributed by atoms with E-state index in [1.54, 1.807) is 12.1 Å². The zero-order valence-corrected chi connectivity index (χ0v) is 9.65. The highest BCUT2D eigenvalue weighted by Crippen LogP contribution is 2.18. The fraction of sp³-hybridized carbons (Fsp3) is 0.417. The van der Waals surface area contributed by atoms with Gasteiger partial charge < -0.3 is 5.11 Å². The lowest BCUT2D eigenvalue weighted by molar-refractivity contribution is 0.0328. The van der Waals surface area contributed by atoms with Gasteiger partial charge in [-0.25, -0.2) is 0 Å². The molecule has 1 heterocycles. The summed E-state index contributed by atoms with van der Waals surface area (Å²) in [5.41, 5.74) is 1.59. The Hall–Kier alpha value is -0.900. The predicted octanol–water partition coefficient (Wildman–Crippen LogP) is 1.98. The molecule has 16 heavy (non-hydrogen) atoms. The highest BCUT2D eigenvalue weighted by molar-refractivity contribution is 6.67. The number of likely N-dealkylation sites (tertiary alicyclic amines) is 1. The van der Waals surface area contributed by atoms with Crippen LogP contribution in [-0.4, -0.2) is 28.0 Å². The number of nitrogens with zero attached hydrogens (tertiary/aromatic N) is 1. The van der Waals surface area contributed by atoms with Crippen LogP contribution in [0.25, 0.3) is 0 Å². The van der Waals surface area contributed by atoms with Crippen LogP contribution in [0.5, 0.6) is 0 Å².